The van der Waals surface area contributed by atoms with Gasteiger partial charge in [-0.1, -0.05) is 25.4 Å². The molecule has 0 aromatic heterocycles. The zero-order valence-electron chi connectivity index (χ0n) is 11.8. The van der Waals surface area contributed by atoms with Crippen LogP contribution < -0.4 is 0 Å². The average molecular weight is 333 g/mol. The van der Waals surface area contributed by atoms with Gasteiger partial charge in [-0.2, -0.15) is 4.31 Å². The van der Waals surface area contributed by atoms with Crippen LogP contribution >= 0.6 is 11.6 Å². The highest BCUT2D eigenvalue weighted by molar-refractivity contribution is 7.89. The van der Waals surface area contributed by atoms with Crippen molar-refractivity contribution in [2.75, 3.05) is 6.54 Å². The van der Waals surface area contributed by atoms with Crippen molar-refractivity contribution in [3.05, 3.63) is 33.3 Å². The molecule has 2 rings (SSSR count). The molecule has 1 aromatic carbocycles. The van der Waals surface area contributed by atoms with Crippen LogP contribution in [0.5, 0.6) is 0 Å². The Morgan fingerprint density at radius 3 is 2.52 bits per heavy atom. The summed E-state index contributed by atoms with van der Waals surface area (Å²) in [5, 5.41) is 10.8. The Balaban J connectivity index is 2.46. The second-order valence-electron chi connectivity index (χ2n) is 5.57. The van der Waals surface area contributed by atoms with E-state index in [9.17, 15) is 18.5 Å². The normalized spacial score (nSPS) is 15.7. The van der Waals surface area contributed by atoms with Gasteiger partial charge in [0, 0.05) is 24.7 Å². The SMILES string of the molecule is CC(C)CN(C1CC1)S(=O)(=O)c1cc([N+](=O)[O-])ccc1Cl. The van der Waals surface area contributed by atoms with Crippen LogP contribution in [0.15, 0.2) is 23.1 Å². The van der Waals surface area contributed by atoms with E-state index in [0.717, 1.165) is 18.9 Å². The zero-order valence-corrected chi connectivity index (χ0v) is 13.4. The molecule has 116 valence electrons. The minimum Gasteiger partial charge on any atom is -0.258 e. The third-order valence-corrected chi connectivity index (χ3v) is 5.61. The molecule has 0 saturated heterocycles. The van der Waals surface area contributed by atoms with Crippen molar-refractivity contribution < 1.29 is 13.3 Å². The number of sulfonamides is 1. The number of nitro benzene ring substituents is 1. The van der Waals surface area contributed by atoms with E-state index < -0.39 is 14.9 Å². The number of hydrogen-bond donors (Lipinski definition) is 0. The number of rotatable bonds is 6. The quantitative estimate of drug-likeness (QED) is 0.592. The van der Waals surface area contributed by atoms with Gasteiger partial charge in [0.15, 0.2) is 0 Å². The zero-order chi connectivity index (χ0) is 15.8. The van der Waals surface area contributed by atoms with Crippen LogP contribution in [-0.4, -0.2) is 30.2 Å². The molecular weight excluding hydrogens is 316 g/mol. The molecule has 1 aromatic rings. The van der Waals surface area contributed by atoms with E-state index >= 15 is 0 Å². The number of benzene rings is 1. The maximum Gasteiger partial charge on any atom is 0.270 e. The van der Waals surface area contributed by atoms with Gasteiger partial charge < -0.3 is 0 Å². The Hall–Kier alpha value is -1.18. The first kappa shape index (κ1) is 16.2. The molecule has 6 nitrogen and oxygen atoms in total. The molecule has 0 unspecified atom stereocenters. The summed E-state index contributed by atoms with van der Waals surface area (Å²) in [6, 6.07) is 3.47. The molecule has 0 bridgehead atoms. The molecule has 1 saturated carbocycles. The highest BCUT2D eigenvalue weighted by Gasteiger charge is 2.39. The molecule has 1 aliphatic carbocycles. The summed E-state index contributed by atoms with van der Waals surface area (Å²) in [6.45, 7) is 4.24. The fourth-order valence-electron chi connectivity index (χ4n) is 2.10. The molecule has 0 radical (unpaired) electrons. The van der Waals surface area contributed by atoms with E-state index in [0.29, 0.717) is 6.54 Å². The van der Waals surface area contributed by atoms with Crippen molar-refractivity contribution in [3.8, 4) is 0 Å². The second kappa shape index (κ2) is 5.90. The Kier molecular flexibility index (Phi) is 4.55. The smallest absolute Gasteiger partial charge is 0.258 e. The lowest BCUT2D eigenvalue weighted by atomic mass is 10.2. The topological polar surface area (TPSA) is 80.5 Å². The summed E-state index contributed by atoms with van der Waals surface area (Å²) in [7, 11) is -3.82. The van der Waals surface area contributed by atoms with E-state index in [4.69, 9.17) is 11.6 Å². The van der Waals surface area contributed by atoms with Gasteiger partial charge in [0.25, 0.3) is 5.69 Å². The van der Waals surface area contributed by atoms with Crippen molar-refractivity contribution in [1.82, 2.24) is 4.31 Å². The Morgan fingerprint density at radius 1 is 1.43 bits per heavy atom. The first-order valence-electron chi connectivity index (χ1n) is 6.69. The van der Waals surface area contributed by atoms with Crippen LogP contribution in [0.4, 0.5) is 5.69 Å². The van der Waals surface area contributed by atoms with E-state index in [1.165, 1.54) is 16.4 Å². The molecule has 1 aliphatic rings. The predicted octanol–water partition coefficient (Wildman–Crippen LogP) is 3.06. The van der Waals surface area contributed by atoms with Crippen LogP contribution in [0.2, 0.25) is 5.02 Å². The van der Waals surface area contributed by atoms with Crippen molar-refractivity contribution in [2.45, 2.75) is 37.6 Å². The molecular formula is C13H17ClN2O4S. The van der Waals surface area contributed by atoms with E-state index in [2.05, 4.69) is 0 Å². The maximum absolute atomic E-state index is 12.8. The Bertz CT molecular complexity index is 656. The van der Waals surface area contributed by atoms with Crippen molar-refractivity contribution in [2.24, 2.45) is 5.92 Å². The molecule has 0 amide bonds. The fourth-order valence-corrected chi connectivity index (χ4v) is 4.44. The van der Waals surface area contributed by atoms with Crippen molar-refractivity contribution >= 4 is 27.3 Å². The summed E-state index contributed by atoms with van der Waals surface area (Å²) < 4.78 is 26.9. The highest BCUT2D eigenvalue weighted by atomic mass is 35.5. The number of nitrogens with zero attached hydrogens (tertiary/aromatic N) is 2. The summed E-state index contributed by atoms with van der Waals surface area (Å²) in [6.07, 6.45) is 1.64. The molecule has 0 atom stereocenters. The lowest BCUT2D eigenvalue weighted by molar-refractivity contribution is -0.385. The van der Waals surface area contributed by atoms with Crippen LogP contribution in [0.1, 0.15) is 26.7 Å². The summed E-state index contributed by atoms with van der Waals surface area (Å²) in [4.78, 5) is 10.0. The summed E-state index contributed by atoms with van der Waals surface area (Å²) in [5.74, 6) is 0.165. The van der Waals surface area contributed by atoms with Crippen LogP contribution in [0.3, 0.4) is 0 Å². The van der Waals surface area contributed by atoms with E-state index in [1.54, 1.807) is 0 Å². The molecule has 1 fully saturated rings. The van der Waals surface area contributed by atoms with Gasteiger partial charge in [0.2, 0.25) is 10.0 Å². The van der Waals surface area contributed by atoms with E-state index in [1.807, 2.05) is 13.8 Å². The minimum atomic E-state index is -3.82. The van der Waals surface area contributed by atoms with Crippen LogP contribution in [-0.2, 0) is 10.0 Å². The van der Waals surface area contributed by atoms with Gasteiger partial charge in [-0.05, 0) is 24.8 Å². The second-order valence-corrected chi connectivity index (χ2v) is 7.84. The molecule has 0 spiro atoms. The van der Waals surface area contributed by atoms with Gasteiger partial charge in [-0.15, -0.1) is 0 Å². The van der Waals surface area contributed by atoms with E-state index in [-0.39, 0.29) is 27.6 Å². The van der Waals surface area contributed by atoms with Crippen molar-refractivity contribution in [3.63, 3.8) is 0 Å². The van der Waals surface area contributed by atoms with Gasteiger partial charge in [-0.25, -0.2) is 8.42 Å². The summed E-state index contributed by atoms with van der Waals surface area (Å²) >= 11 is 5.96. The number of non-ortho nitro benzene ring substituents is 1. The average Bonchev–Trinajstić information content (AvgIpc) is 3.19. The molecule has 8 heteroatoms. The van der Waals surface area contributed by atoms with Gasteiger partial charge in [-0.3, -0.25) is 10.1 Å². The highest BCUT2D eigenvalue weighted by Crippen LogP contribution is 2.36. The lowest BCUT2D eigenvalue weighted by Crippen LogP contribution is -2.36. The molecule has 0 aliphatic heterocycles. The Labute approximate surface area is 128 Å². The first-order valence-corrected chi connectivity index (χ1v) is 8.51. The van der Waals surface area contributed by atoms with Crippen LogP contribution in [0.25, 0.3) is 0 Å². The third kappa shape index (κ3) is 3.53. The largest absolute Gasteiger partial charge is 0.270 e. The van der Waals surface area contributed by atoms with Gasteiger partial charge in [0.05, 0.1) is 9.95 Å². The molecule has 0 N–H and O–H groups in total. The number of hydrogen-bond acceptors (Lipinski definition) is 4. The van der Waals surface area contributed by atoms with Gasteiger partial charge in [0.1, 0.15) is 4.90 Å². The molecule has 0 heterocycles. The van der Waals surface area contributed by atoms with Crippen LogP contribution in [0, 0.1) is 16.0 Å². The monoisotopic (exact) mass is 332 g/mol. The first-order chi connectivity index (χ1) is 9.73. The Morgan fingerprint density at radius 2 is 2.05 bits per heavy atom. The maximum atomic E-state index is 12.8. The predicted molar refractivity (Wildman–Crippen MR) is 79.9 cm³/mol. The standard InChI is InChI=1S/C13H17ClN2O4S/c1-9(2)8-15(10-3-4-10)21(19,20)13-7-11(16(17)18)5-6-12(13)14/h5-7,9-10H,3-4,8H2,1-2H3. The summed E-state index contributed by atoms with van der Waals surface area (Å²) in [5.41, 5.74) is -0.279. The lowest BCUT2D eigenvalue weighted by Gasteiger charge is -2.24. The number of nitro groups is 1. The van der Waals surface area contributed by atoms with Crippen molar-refractivity contribution in [1.29, 1.82) is 0 Å². The fraction of sp³-hybridized carbons (Fsp3) is 0.538. The third-order valence-electron chi connectivity index (χ3n) is 3.21. The molecule has 21 heavy (non-hydrogen) atoms. The minimum absolute atomic E-state index is 0.00926. The van der Waals surface area contributed by atoms with Gasteiger partial charge >= 0.3 is 0 Å². The number of halogens is 1.